The summed E-state index contributed by atoms with van der Waals surface area (Å²) in [5.41, 5.74) is 3.55. The number of methoxy groups -OCH3 is 3. The maximum Gasteiger partial charge on any atom is 0.253 e. The average Bonchev–Trinajstić information content (AvgIpc) is 2.80. The smallest absolute Gasteiger partial charge is 0.253 e. The van der Waals surface area contributed by atoms with Gasteiger partial charge in [0.15, 0.2) is 11.5 Å². The van der Waals surface area contributed by atoms with Crippen molar-refractivity contribution in [3.8, 4) is 17.2 Å². The molecule has 2 aromatic carbocycles. The Morgan fingerprint density at radius 3 is 2.03 bits per heavy atom. The van der Waals surface area contributed by atoms with Crippen molar-refractivity contribution in [2.75, 3.05) is 59.4 Å². The number of hydrogen-bond acceptors (Lipinski definition) is 6. The summed E-state index contributed by atoms with van der Waals surface area (Å²) in [6.45, 7) is 6.73. The Balaban J connectivity index is 1.55. The first-order chi connectivity index (χ1) is 15.4. The molecule has 32 heavy (non-hydrogen) atoms. The molecule has 2 amide bonds. The molecule has 0 aliphatic carbocycles. The number of rotatable bonds is 7. The number of nitrogens with zero attached hydrogens (tertiary/aromatic N) is 2. The Bertz CT molecular complexity index is 959. The largest absolute Gasteiger partial charge is 0.493 e. The molecular formula is C24H31N3O5. The highest BCUT2D eigenvalue weighted by molar-refractivity contribution is 5.95. The van der Waals surface area contributed by atoms with E-state index in [0.717, 1.165) is 5.56 Å². The van der Waals surface area contributed by atoms with Gasteiger partial charge in [-0.05, 0) is 37.1 Å². The zero-order chi connectivity index (χ0) is 23.3. The van der Waals surface area contributed by atoms with Gasteiger partial charge in [0.25, 0.3) is 5.91 Å². The van der Waals surface area contributed by atoms with Gasteiger partial charge < -0.3 is 24.4 Å². The summed E-state index contributed by atoms with van der Waals surface area (Å²) in [5.74, 6) is 1.31. The molecule has 1 heterocycles. The number of aryl methyl sites for hydroxylation is 2. The number of ether oxygens (including phenoxy) is 3. The number of piperazine rings is 1. The van der Waals surface area contributed by atoms with Crippen LogP contribution in [0.4, 0.5) is 5.69 Å². The molecule has 8 heteroatoms. The lowest BCUT2D eigenvalue weighted by atomic mass is 10.1. The lowest BCUT2D eigenvalue weighted by Crippen LogP contribution is -2.50. The summed E-state index contributed by atoms with van der Waals surface area (Å²) in [7, 11) is 4.59. The van der Waals surface area contributed by atoms with Crippen LogP contribution in [-0.2, 0) is 4.79 Å². The number of nitrogens with one attached hydrogen (secondary N) is 1. The predicted octanol–water partition coefficient (Wildman–Crippen LogP) is 2.73. The van der Waals surface area contributed by atoms with Crippen molar-refractivity contribution < 1.29 is 23.8 Å². The maximum atomic E-state index is 12.8. The van der Waals surface area contributed by atoms with Crippen LogP contribution in [-0.4, -0.2) is 75.7 Å². The Hall–Kier alpha value is -3.26. The molecule has 1 N–H and O–H groups in total. The highest BCUT2D eigenvalue weighted by atomic mass is 16.5. The third-order valence-corrected chi connectivity index (χ3v) is 5.73. The number of anilines is 1. The van der Waals surface area contributed by atoms with Gasteiger partial charge in [-0.1, -0.05) is 6.07 Å². The van der Waals surface area contributed by atoms with Crippen molar-refractivity contribution in [3.05, 3.63) is 47.0 Å². The van der Waals surface area contributed by atoms with Gasteiger partial charge >= 0.3 is 0 Å². The van der Waals surface area contributed by atoms with Gasteiger partial charge in [-0.15, -0.1) is 0 Å². The third kappa shape index (κ3) is 5.31. The topological polar surface area (TPSA) is 80.3 Å². The second-order valence-corrected chi connectivity index (χ2v) is 7.83. The van der Waals surface area contributed by atoms with Crippen molar-refractivity contribution in [2.45, 2.75) is 13.8 Å². The molecule has 0 bridgehead atoms. The van der Waals surface area contributed by atoms with Gasteiger partial charge in [0.1, 0.15) is 0 Å². The van der Waals surface area contributed by atoms with Crippen LogP contribution < -0.4 is 19.5 Å². The van der Waals surface area contributed by atoms with Crippen molar-refractivity contribution >= 4 is 17.5 Å². The Labute approximate surface area is 189 Å². The van der Waals surface area contributed by atoms with Gasteiger partial charge in [0.2, 0.25) is 11.7 Å². The minimum Gasteiger partial charge on any atom is -0.493 e. The summed E-state index contributed by atoms with van der Waals surface area (Å²) < 4.78 is 16.0. The van der Waals surface area contributed by atoms with Gasteiger partial charge in [0.05, 0.1) is 27.9 Å². The summed E-state index contributed by atoms with van der Waals surface area (Å²) in [6.07, 6.45) is 0. The van der Waals surface area contributed by atoms with Crippen LogP contribution in [0.3, 0.4) is 0 Å². The number of hydrogen-bond donors (Lipinski definition) is 1. The molecule has 1 aliphatic heterocycles. The fourth-order valence-electron chi connectivity index (χ4n) is 3.72. The number of carbonyl (C=O) groups is 2. The molecule has 0 radical (unpaired) electrons. The van der Waals surface area contributed by atoms with E-state index in [9.17, 15) is 9.59 Å². The molecule has 3 rings (SSSR count). The van der Waals surface area contributed by atoms with E-state index in [2.05, 4.69) is 5.32 Å². The zero-order valence-electron chi connectivity index (χ0n) is 19.4. The van der Waals surface area contributed by atoms with Crippen LogP contribution in [0, 0.1) is 13.8 Å². The molecule has 0 saturated carbocycles. The molecule has 0 spiro atoms. The second-order valence-electron chi connectivity index (χ2n) is 7.83. The van der Waals surface area contributed by atoms with E-state index in [1.54, 1.807) is 12.1 Å². The molecule has 0 atom stereocenters. The van der Waals surface area contributed by atoms with Crippen LogP contribution in [0.25, 0.3) is 0 Å². The minimum absolute atomic E-state index is 0.0367. The number of carbonyl (C=O) groups excluding carboxylic acids is 2. The normalized spacial score (nSPS) is 14.1. The first-order valence-corrected chi connectivity index (χ1v) is 10.5. The predicted molar refractivity (Wildman–Crippen MR) is 123 cm³/mol. The highest BCUT2D eigenvalue weighted by Gasteiger charge is 2.24. The van der Waals surface area contributed by atoms with Gasteiger partial charge in [0, 0.05) is 49.6 Å². The summed E-state index contributed by atoms with van der Waals surface area (Å²) in [4.78, 5) is 29.3. The lowest BCUT2D eigenvalue weighted by molar-refractivity contribution is -0.117. The molecule has 0 aromatic heterocycles. The monoisotopic (exact) mass is 441 g/mol. The molecular weight excluding hydrogens is 410 g/mol. The molecule has 1 aliphatic rings. The van der Waals surface area contributed by atoms with Crippen LogP contribution in [0.2, 0.25) is 0 Å². The Morgan fingerprint density at radius 2 is 1.50 bits per heavy atom. The number of amides is 2. The molecule has 1 fully saturated rings. The summed E-state index contributed by atoms with van der Waals surface area (Å²) >= 11 is 0. The SMILES string of the molecule is COc1cc(NC(=O)CN2CCN(C(=O)c3ccc(C)c(C)c3)CC2)cc(OC)c1OC. The van der Waals surface area contributed by atoms with Crippen molar-refractivity contribution in [1.82, 2.24) is 9.80 Å². The number of benzene rings is 2. The van der Waals surface area contributed by atoms with Crippen LogP contribution in [0.5, 0.6) is 17.2 Å². The van der Waals surface area contributed by atoms with E-state index in [1.165, 1.54) is 26.9 Å². The second kappa shape index (κ2) is 10.4. The van der Waals surface area contributed by atoms with E-state index in [-0.39, 0.29) is 18.4 Å². The molecule has 8 nitrogen and oxygen atoms in total. The van der Waals surface area contributed by atoms with Crippen LogP contribution in [0.1, 0.15) is 21.5 Å². The fourth-order valence-corrected chi connectivity index (χ4v) is 3.72. The lowest BCUT2D eigenvalue weighted by Gasteiger charge is -2.34. The van der Waals surface area contributed by atoms with E-state index in [1.807, 2.05) is 41.8 Å². The standard InChI is InChI=1S/C24H31N3O5/c1-16-6-7-18(12-17(16)2)24(29)27-10-8-26(9-11-27)15-22(28)25-19-13-20(30-3)23(32-5)21(14-19)31-4/h6-7,12-14H,8-11,15H2,1-5H3,(H,25,28). The van der Waals surface area contributed by atoms with Gasteiger partial charge in [-0.25, -0.2) is 0 Å². The van der Waals surface area contributed by atoms with E-state index in [0.29, 0.717) is 54.7 Å². The summed E-state index contributed by atoms with van der Waals surface area (Å²) in [6, 6.07) is 9.18. The van der Waals surface area contributed by atoms with Gasteiger partial charge in [-0.2, -0.15) is 0 Å². The minimum atomic E-state index is -0.145. The third-order valence-electron chi connectivity index (χ3n) is 5.73. The maximum absolute atomic E-state index is 12.8. The van der Waals surface area contributed by atoms with E-state index >= 15 is 0 Å². The molecule has 0 unspecified atom stereocenters. The molecule has 172 valence electrons. The highest BCUT2D eigenvalue weighted by Crippen LogP contribution is 2.39. The molecule has 2 aromatic rings. The van der Waals surface area contributed by atoms with Crippen molar-refractivity contribution in [3.63, 3.8) is 0 Å². The molecule has 1 saturated heterocycles. The van der Waals surface area contributed by atoms with Crippen LogP contribution in [0.15, 0.2) is 30.3 Å². The fraction of sp³-hybridized carbons (Fsp3) is 0.417. The Kier molecular flexibility index (Phi) is 7.58. The average molecular weight is 442 g/mol. The first kappa shape index (κ1) is 23.4. The summed E-state index contributed by atoms with van der Waals surface area (Å²) in [5, 5.41) is 2.88. The first-order valence-electron chi connectivity index (χ1n) is 10.5. The van der Waals surface area contributed by atoms with E-state index in [4.69, 9.17) is 14.2 Å². The van der Waals surface area contributed by atoms with E-state index < -0.39 is 0 Å². The Morgan fingerprint density at radius 1 is 0.875 bits per heavy atom. The van der Waals surface area contributed by atoms with Crippen molar-refractivity contribution in [2.24, 2.45) is 0 Å². The van der Waals surface area contributed by atoms with Crippen molar-refractivity contribution in [1.29, 1.82) is 0 Å². The van der Waals surface area contributed by atoms with Gasteiger partial charge in [-0.3, -0.25) is 14.5 Å². The quantitative estimate of drug-likeness (QED) is 0.712. The zero-order valence-corrected chi connectivity index (χ0v) is 19.4. The van der Waals surface area contributed by atoms with Crippen LogP contribution >= 0.6 is 0 Å².